The van der Waals surface area contributed by atoms with Crippen LogP contribution in [0.15, 0.2) is 30.3 Å². The maximum absolute atomic E-state index is 12.8. The van der Waals surface area contributed by atoms with Crippen LogP contribution in [0.5, 0.6) is 0 Å². The number of nitrogens with one attached hydrogen (secondary N) is 1. The molecule has 0 spiro atoms. The van der Waals surface area contributed by atoms with E-state index in [-0.39, 0.29) is 0 Å². The molecular weight excluding hydrogens is 358 g/mol. The van der Waals surface area contributed by atoms with Gasteiger partial charge >= 0.3 is 5.97 Å². The first-order chi connectivity index (χ1) is 12.2. The summed E-state index contributed by atoms with van der Waals surface area (Å²) >= 11 is 1.28. The highest BCUT2D eigenvalue weighted by atomic mass is 32.2. The molecule has 0 aromatic heterocycles. The molecule has 0 bridgehead atoms. The Morgan fingerprint density at radius 3 is 2.50 bits per heavy atom. The third-order valence-electron chi connectivity index (χ3n) is 4.81. The fourth-order valence-electron chi connectivity index (χ4n) is 3.46. The fraction of sp³-hybridized carbons (Fsp3) is 0.471. The Balaban J connectivity index is 1.84. The summed E-state index contributed by atoms with van der Waals surface area (Å²) in [5.74, 6) is -2.23. The van der Waals surface area contributed by atoms with Crippen molar-refractivity contribution in [2.24, 2.45) is 5.73 Å². The highest BCUT2D eigenvalue weighted by Crippen LogP contribution is 2.55. The predicted octanol–water partition coefficient (Wildman–Crippen LogP) is 0.292. The monoisotopic (exact) mass is 379 g/mol. The van der Waals surface area contributed by atoms with Crippen LogP contribution in [0.2, 0.25) is 0 Å². The molecule has 8 nitrogen and oxygen atoms in total. The van der Waals surface area contributed by atoms with Crippen molar-refractivity contribution in [1.29, 1.82) is 0 Å². The number of thioether (sulfide) groups is 1. The predicted molar refractivity (Wildman–Crippen MR) is 95.0 cm³/mol. The molecule has 2 aliphatic rings. The van der Waals surface area contributed by atoms with E-state index in [0.29, 0.717) is 5.56 Å². The van der Waals surface area contributed by atoms with Crippen LogP contribution in [0, 0.1) is 0 Å². The van der Waals surface area contributed by atoms with Crippen molar-refractivity contribution in [2.75, 3.05) is 7.11 Å². The number of hydrogen-bond acceptors (Lipinski definition) is 6. The van der Waals surface area contributed by atoms with Crippen molar-refractivity contribution >= 4 is 29.5 Å². The Morgan fingerprint density at radius 1 is 1.35 bits per heavy atom. The Labute approximate surface area is 155 Å². The first-order valence-corrected chi connectivity index (χ1v) is 8.95. The zero-order valence-corrected chi connectivity index (χ0v) is 15.4. The second kappa shape index (κ2) is 6.26. The van der Waals surface area contributed by atoms with Gasteiger partial charge in [0.2, 0.25) is 5.91 Å². The highest BCUT2D eigenvalue weighted by Gasteiger charge is 2.73. The van der Waals surface area contributed by atoms with Gasteiger partial charge in [-0.15, -0.1) is 11.8 Å². The highest BCUT2D eigenvalue weighted by molar-refractivity contribution is 8.01. The number of fused-ring (bicyclic) bond motifs is 1. The minimum atomic E-state index is -1.62. The van der Waals surface area contributed by atoms with Crippen LogP contribution in [-0.4, -0.2) is 56.8 Å². The molecule has 26 heavy (non-hydrogen) atoms. The van der Waals surface area contributed by atoms with Gasteiger partial charge < -0.3 is 25.8 Å². The van der Waals surface area contributed by atoms with E-state index in [1.807, 2.05) is 0 Å². The number of ether oxygens (including phenoxy) is 1. The smallest absolute Gasteiger partial charge is 0.327 e. The van der Waals surface area contributed by atoms with E-state index in [4.69, 9.17) is 10.5 Å². The van der Waals surface area contributed by atoms with Crippen molar-refractivity contribution in [3.05, 3.63) is 35.9 Å². The standard InChI is InChI=1S/C17H21N3O5S/c1-16(2)11(13(22)23)20-14(24)17(25-3,15(20)26-16)19-12(21)10(18)9-7-5-4-6-8-9/h4-8,10-11,15H,18H2,1-3H3,(H,19,21)(H,22,23)/t10?,11-,15+,17-/m0/s1. The summed E-state index contributed by atoms with van der Waals surface area (Å²) in [6, 6.07) is 6.79. The van der Waals surface area contributed by atoms with Crippen LogP contribution >= 0.6 is 11.8 Å². The SMILES string of the molecule is CO[C@@]1(NC(=O)C(N)c2ccccc2)C(=O)N2[C@@H](C(=O)O)C(C)(C)S[C@@H]21. The summed E-state index contributed by atoms with van der Waals surface area (Å²) < 4.78 is 4.66. The second-order valence-corrected chi connectivity index (χ2v) is 8.58. The van der Waals surface area contributed by atoms with Gasteiger partial charge in [-0.1, -0.05) is 30.3 Å². The Hall–Kier alpha value is -2.10. The molecule has 2 fully saturated rings. The summed E-state index contributed by atoms with van der Waals surface area (Å²) in [6.07, 6.45) is 0. The molecule has 2 heterocycles. The minimum Gasteiger partial charge on any atom is -0.480 e. The fourth-order valence-corrected chi connectivity index (χ4v) is 5.13. The number of aliphatic carboxylic acids is 1. The van der Waals surface area contributed by atoms with E-state index >= 15 is 0 Å². The molecule has 4 atom stereocenters. The molecule has 4 N–H and O–H groups in total. The number of amides is 2. The molecule has 0 aliphatic carbocycles. The molecule has 3 rings (SSSR count). The number of benzene rings is 1. The molecule has 2 saturated heterocycles. The Bertz CT molecular complexity index is 756. The molecule has 140 valence electrons. The third-order valence-corrected chi connectivity index (χ3v) is 6.42. The van der Waals surface area contributed by atoms with Crippen LogP contribution in [0.1, 0.15) is 25.5 Å². The maximum Gasteiger partial charge on any atom is 0.327 e. The minimum absolute atomic E-state index is 0.566. The van der Waals surface area contributed by atoms with E-state index in [0.717, 1.165) is 0 Å². The van der Waals surface area contributed by atoms with Gasteiger partial charge in [0.25, 0.3) is 11.6 Å². The number of carboxylic acid groups (broad SMARTS) is 1. The van der Waals surface area contributed by atoms with E-state index in [9.17, 15) is 19.5 Å². The van der Waals surface area contributed by atoms with Crippen molar-refractivity contribution < 1.29 is 24.2 Å². The molecule has 1 aromatic rings. The number of carboxylic acids is 1. The van der Waals surface area contributed by atoms with Crippen LogP contribution in [0.4, 0.5) is 0 Å². The summed E-state index contributed by atoms with van der Waals surface area (Å²) in [6.45, 7) is 3.50. The number of carbonyl (C=O) groups is 3. The average molecular weight is 379 g/mol. The zero-order chi connectivity index (χ0) is 19.3. The van der Waals surface area contributed by atoms with Crippen LogP contribution in [0.25, 0.3) is 0 Å². The number of carbonyl (C=O) groups excluding carboxylic acids is 2. The lowest BCUT2D eigenvalue weighted by molar-refractivity contribution is -0.201. The summed E-state index contributed by atoms with van der Waals surface area (Å²) in [4.78, 5) is 38.2. The van der Waals surface area contributed by atoms with Crippen molar-refractivity contribution in [3.8, 4) is 0 Å². The third kappa shape index (κ3) is 2.58. The first kappa shape index (κ1) is 18.7. The van der Waals surface area contributed by atoms with Gasteiger partial charge in [0.15, 0.2) is 0 Å². The molecule has 9 heteroatoms. The van der Waals surface area contributed by atoms with Gasteiger partial charge in [-0.05, 0) is 19.4 Å². The normalized spacial score (nSPS) is 30.3. The Kier molecular flexibility index (Phi) is 4.50. The van der Waals surface area contributed by atoms with E-state index < -0.39 is 45.7 Å². The maximum atomic E-state index is 12.8. The van der Waals surface area contributed by atoms with Crippen LogP contribution in [0.3, 0.4) is 0 Å². The van der Waals surface area contributed by atoms with Crippen molar-refractivity contribution in [1.82, 2.24) is 10.2 Å². The van der Waals surface area contributed by atoms with Gasteiger partial charge in [-0.25, -0.2) is 4.79 Å². The largest absolute Gasteiger partial charge is 0.480 e. The number of nitrogens with two attached hydrogens (primary N) is 1. The molecular formula is C17H21N3O5S. The van der Waals surface area contributed by atoms with Crippen LogP contribution in [-0.2, 0) is 19.1 Å². The van der Waals surface area contributed by atoms with Gasteiger partial charge in [-0.3, -0.25) is 9.59 Å². The summed E-state index contributed by atoms with van der Waals surface area (Å²) in [5.41, 5.74) is 4.98. The first-order valence-electron chi connectivity index (χ1n) is 8.07. The van der Waals surface area contributed by atoms with Gasteiger partial charge in [0, 0.05) is 11.9 Å². The van der Waals surface area contributed by atoms with Crippen molar-refractivity contribution in [3.63, 3.8) is 0 Å². The quantitative estimate of drug-likeness (QED) is 0.496. The van der Waals surface area contributed by atoms with E-state index in [1.54, 1.807) is 44.2 Å². The number of β-lactam (4-membered cyclic amide) rings is 1. The lowest BCUT2D eigenvalue weighted by Gasteiger charge is -2.51. The topological polar surface area (TPSA) is 122 Å². The van der Waals surface area contributed by atoms with Gasteiger partial charge in [0.1, 0.15) is 17.5 Å². The molecule has 2 amide bonds. The number of nitrogens with zero attached hydrogens (tertiary/aromatic N) is 1. The zero-order valence-electron chi connectivity index (χ0n) is 14.6. The molecule has 1 unspecified atom stereocenters. The number of hydrogen-bond donors (Lipinski definition) is 3. The Morgan fingerprint density at radius 2 is 1.96 bits per heavy atom. The number of methoxy groups -OCH3 is 1. The molecule has 2 aliphatic heterocycles. The summed E-state index contributed by atoms with van der Waals surface area (Å²) in [7, 11) is 1.31. The second-order valence-electron chi connectivity index (χ2n) is 6.84. The van der Waals surface area contributed by atoms with Crippen LogP contribution < -0.4 is 11.1 Å². The van der Waals surface area contributed by atoms with Gasteiger partial charge in [-0.2, -0.15) is 0 Å². The lowest BCUT2D eigenvalue weighted by Crippen LogP contribution is -2.80. The van der Waals surface area contributed by atoms with Gasteiger partial charge in [0.05, 0.1) is 0 Å². The summed E-state index contributed by atoms with van der Waals surface area (Å²) in [5, 5.41) is 11.5. The van der Waals surface area contributed by atoms with E-state index in [2.05, 4.69) is 5.32 Å². The molecule has 1 aromatic carbocycles. The lowest BCUT2D eigenvalue weighted by atomic mass is 9.93. The number of rotatable bonds is 5. The van der Waals surface area contributed by atoms with E-state index in [1.165, 1.54) is 23.8 Å². The molecule has 0 radical (unpaired) electrons. The average Bonchev–Trinajstić information content (AvgIpc) is 2.88. The molecule has 0 saturated carbocycles. The van der Waals surface area contributed by atoms with Crippen molar-refractivity contribution in [2.45, 2.75) is 41.8 Å².